The largest absolute Gasteiger partial charge is 0.325 e. The van der Waals surface area contributed by atoms with E-state index in [0.29, 0.717) is 22.0 Å². The van der Waals surface area contributed by atoms with Crippen molar-refractivity contribution in [3.05, 3.63) is 58.9 Å². The van der Waals surface area contributed by atoms with Crippen LogP contribution >= 0.6 is 27.5 Å². The average Bonchev–Trinajstić information content (AvgIpc) is 2.49. The Hall–Kier alpha value is -1.72. The second kappa shape index (κ2) is 6.63. The van der Waals surface area contributed by atoms with Crippen molar-refractivity contribution in [2.75, 3.05) is 10.6 Å². The number of rotatable bonds is 4. The van der Waals surface area contributed by atoms with Crippen molar-refractivity contribution in [3.63, 3.8) is 0 Å². The molecule has 2 aromatic rings. The van der Waals surface area contributed by atoms with E-state index >= 15 is 0 Å². The minimum absolute atomic E-state index is 0.146. The summed E-state index contributed by atoms with van der Waals surface area (Å²) in [7, 11) is 0. The van der Waals surface area contributed by atoms with Crippen LogP contribution in [0, 0.1) is 0 Å². The monoisotopic (exact) mass is 352 g/mol. The molecule has 6 heteroatoms. The Morgan fingerprint density at radius 3 is 2.70 bits per heavy atom. The second-order valence-electron chi connectivity index (χ2n) is 3.92. The summed E-state index contributed by atoms with van der Waals surface area (Å²) in [4.78, 5) is 27.9. The van der Waals surface area contributed by atoms with Crippen molar-refractivity contribution in [3.8, 4) is 0 Å². The Morgan fingerprint density at radius 1 is 1.25 bits per heavy atom. The molecule has 0 aliphatic carbocycles. The van der Waals surface area contributed by atoms with Gasteiger partial charge >= 0.3 is 0 Å². The number of benzene rings is 1. The molecular formula is C14H10BrClN2O2. The van der Waals surface area contributed by atoms with Gasteiger partial charge in [0.25, 0.3) is 0 Å². The van der Waals surface area contributed by atoms with Crippen LogP contribution in [-0.2, 0) is 4.79 Å². The summed E-state index contributed by atoms with van der Waals surface area (Å²) < 4.78 is 0. The molecule has 1 N–H and O–H groups in total. The van der Waals surface area contributed by atoms with E-state index in [9.17, 15) is 9.59 Å². The molecule has 0 atom stereocenters. The van der Waals surface area contributed by atoms with Crippen LogP contribution in [-0.4, -0.2) is 22.0 Å². The summed E-state index contributed by atoms with van der Waals surface area (Å²) in [5, 5.41) is 3.21. The number of alkyl halides is 1. The molecule has 0 aliphatic heterocycles. The number of anilines is 1. The molecule has 102 valence electrons. The average molecular weight is 354 g/mol. The lowest BCUT2D eigenvalue weighted by Crippen LogP contribution is -2.16. The van der Waals surface area contributed by atoms with Crippen LogP contribution in [0.15, 0.2) is 42.6 Å². The molecule has 0 saturated heterocycles. The first-order chi connectivity index (χ1) is 9.61. The topological polar surface area (TPSA) is 59.1 Å². The van der Waals surface area contributed by atoms with Gasteiger partial charge in [0.2, 0.25) is 11.7 Å². The van der Waals surface area contributed by atoms with E-state index in [1.165, 1.54) is 12.3 Å². The minimum Gasteiger partial charge on any atom is -0.325 e. The van der Waals surface area contributed by atoms with Gasteiger partial charge in [-0.05, 0) is 30.3 Å². The number of hydrogen-bond acceptors (Lipinski definition) is 3. The maximum absolute atomic E-state index is 12.4. The lowest BCUT2D eigenvalue weighted by atomic mass is 10.1. The van der Waals surface area contributed by atoms with E-state index in [4.69, 9.17) is 11.6 Å². The number of hydrogen-bond donors (Lipinski definition) is 1. The maximum atomic E-state index is 12.4. The van der Waals surface area contributed by atoms with E-state index in [1.807, 2.05) is 0 Å². The number of halogens is 2. The lowest BCUT2D eigenvalue weighted by molar-refractivity contribution is -0.113. The Labute approximate surface area is 129 Å². The van der Waals surface area contributed by atoms with Crippen LogP contribution in [0.25, 0.3) is 0 Å². The van der Waals surface area contributed by atoms with Crippen molar-refractivity contribution in [2.24, 2.45) is 0 Å². The minimum atomic E-state index is -0.294. The van der Waals surface area contributed by atoms with Gasteiger partial charge in [-0.1, -0.05) is 33.6 Å². The fourth-order valence-electron chi connectivity index (χ4n) is 1.63. The van der Waals surface area contributed by atoms with Gasteiger partial charge in [-0.3, -0.25) is 14.6 Å². The standard InChI is InChI=1S/C14H10BrClN2O2/c15-8-13(19)18-11-5-4-9(16)7-10(11)14(20)12-3-1-2-6-17-12/h1-7H,8H2,(H,18,19). The molecule has 0 unspecified atom stereocenters. The van der Waals surface area contributed by atoms with Gasteiger partial charge in [0, 0.05) is 16.8 Å². The van der Waals surface area contributed by atoms with Gasteiger partial charge in [0.05, 0.1) is 11.0 Å². The van der Waals surface area contributed by atoms with E-state index in [-0.39, 0.29) is 17.0 Å². The highest BCUT2D eigenvalue weighted by molar-refractivity contribution is 9.09. The smallest absolute Gasteiger partial charge is 0.235 e. The van der Waals surface area contributed by atoms with Crippen LogP contribution in [0.2, 0.25) is 5.02 Å². The molecule has 0 bridgehead atoms. The van der Waals surface area contributed by atoms with E-state index in [1.54, 1.807) is 30.3 Å². The molecule has 1 amide bonds. The molecule has 1 aromatic heterocycles. The molecule has 0 saturated carbocycles. The third kappa shape index (κ3) is 3.43. The summed E-state index contributed by atoms with van der Waals surface area (Å²) in [6.07, 6.45) is 1.54. The molecule has 4 nitrogen and oxygen atoms in total. The number of carbonyl (C=O) groups is 2. The molecule has 0 aliphatic rings. The summed E-state index contributed by atoms with van der Waals surface area (Å²) >= 11 is 8.98. The number of carbonyl (C=O) groups excluding carboxylic acids is 2. The normalized spacial score (nSPS) is 10.1. The fourth-order valence-corrected chi connectivity index (χ4v) is 1.94. The first-order valence-corrected chi connectivity index (χ1v) is 7.23. The number of aromatic nitrogens is 1. The molecule has 1 aromatic carbocycles. The maximum Gasteiger partial charge on any atom is 0.235 e. The molecule has 0 fully saturated rings. The van der Waals surface area contributed by atoms with Gasteiger partial charge in [0.15, 0.2) is 0 Å². The van der Waals surface area contributed by atoms with Gasteiger partial charge in [0.1, 0.15) is 5.69 Å². The SMILES string of the molecule is O=C(CBr)Nc1ccc(Cl)cc1C(=O)c1ccccn1. The van der Waals surface area contributed by atoms with Crippen LogP contribution in [0.4, 0.5) is 5.69 Å². The van der Waals surface area contributed by atoms with Crippen molar-refractivity contribution in [2.45, 2.75) is 0 Å². The third-order valence-corrected chi connectivity index (χ3v) is 3.26. The van der Waals surface area contributed by atoms with Crippen molar-refractivity contribution in [1.82, 2.24) is 4.98 Å². The Kier molecular flexibility index (Phi) is 4.87. The first-order valence-electron chi connectivity index (χ1n) is 5.73. The van der Waals surface area contributed by atoms with Gasteiger partial charge in [-0.2, -0.15) is 0 Å². The zero-order valence-corrected chi connectivity index (χ0v) is 12.6. The molecule has 1 heterocycles. The molecular weight excluding hydrogens is 344 g/mol. The quantitative estimate of drug-likeness (QED) is 0.678. The van der Waals surface area contributed by atoms with Crippen molar-refractivity contribution < 1.29 is 9.59 Å². The number of nitrogens with zero attached hydrogens (tertiary/aromatic N) is 1. The fraction of sp³-hybridized carbons (Fsp3) is 0.0714. The van der Waals surface area contributed by atoms with Crippen LogP contribution < -0.4 is 5.32 Å². The van der Waals surface area contributed by atoms with Crippen LogP contribution in [0.5, 0.6) is 0 Å². The predicted molar refractivity (Wildman–Crippen MR) is 81.5 cm³/mol. The summed E-state index contributed by atoms with van der Waals surface area (Å²) in [6, 6.07) is 9.78. The van der Waals surface area contributed by atoms with E-state index in [2.05, 4.69) is 26.2 Å². The Bertz CT molecular complexity index is 647. The zero-order valence-electron chi connectivity index (χ0n) is 10.3. The number of pyridine rings is 1. The first kappa shape index (κ1) is 14.7. The van der Waals surface area contributed by atoms with Gasteiger partial charge in [-0.15, -0.1) is 0 Å². The van der Waals surface area contributed by atoms with E-state index < -0.39 is 0 Å². The lowest BCUT2D eigenvalue weighted by Gasteiger charge is -2.09. The molecule has 20 heavy (non-hydrogen) atoms. The Morgan fingerprint density at radius 2 is 2.05 bits per heavy atom. The number of ketones is 1. The third-order valence-electron chi connectivity index (χ3n) is 2.52. The summed E-state index contributed by atoms with van der Waals surface area (Å²) in [6.45, 7) is 0. The van der Waals surface area contributed by atoms with Crippen LogP contribution in [0.3, 0.4) is 0 Å². The highest BCUT2D eigenvalue weighted by Crippen LogP contribution is 2.23. The molecule has 0 spiro atoms. The van der Waals surface area contributed by atoms with Crippen LogP contribution in [0.1, 0.15) is 16.1 Å². The van der Waals surface area contributed by atoms with Crippen molar-refractivity contribution >= 4 is 44.9 Å². The van der Waals surface area contributed by atoms with Gasteiger partial charge < -0.3 is 5.32 Å². The molecule has 2 rings (SSSR count). The Balaban J connectivity index is 2.41. The number of amides is 1. The second-order valence-corrected chi connectivity index (χ2v) is 4.91. The van der Waals surface area contributed by atoms with Crippen molar-refractivity contribution in [1.29, 1.82) is 0 Å². The number of nitrogens with one attached hydrogen (secondary N) is 1. The van der Waals surface area contributed by atoms with E-state index in [0.717, 1.165) is 0 Å². The summed E-state index contributed by atoms with van der Waals surface area (Å²) in [5.41, 5.74) is 1.02. The predicted octanol–water partition coefficient (Wildman–Crippen LogP) is 3.30. The highest BCUT2D eigenvalue weighted by Gasteiger charge is 2.16. The zero-order chi connectivity index (χ0) is 14.5. The summed E-state index contributed by atoms with van der Waals surface area (Å²) in [5.74, 6) is -0.541. The highest BCUT2D eigenvalue weighted by atomic mass is 79.9. The molecule has 0 radical (unpaired) electrons. The van der Waals surface area contributed by atoms with Gasteiger partial charge in [-0.25, -0.2) is 0 Å².